The van der Waals surface area contributed by atoms with Gasteiger partial charge in [-0.25, -0.2) is 9.50 Å². The number of amides is 1. The van der Waals surface area contributed by atoms with E-state index in [-0.39, 0.29) is 28.8 Å². The largest absolute Gasteiger partial charge is 0.487 e. The van der Waals surface area contributed by atoms with E-state index in [0.29, 0.717) is 12.3 Å². The van der Waals surface area contributed by atoms with Crippen molar-refractivity contribution in [2.45, 2.75) is 25.1 Å². The lowest BCUT2D eigenvalue weighted by atomic mass is 10.1. The number of nitrogens with one attached hydrogen (secondary N) is 2. The summed E-state index contributed by atoms with van der Waals surface area (Å²) in [6.45, 7) is 1.58. The number of hydrogen-bond donors (Lipinski definition) is 3. The molecule has 0 bridgehead atoms. The zero-order chi connectivity index (χ0) is 21.3. The molecule has 1 atom stereocenters. The predicted molar refractivity (Wildman–Crippen MR) is 101 cm³/mol. The quantitative estimate of drug-likeness (QED) is 0.590. The number of piperidine rings is 1. The van der Waals surface area contributed by atoms with Crippen LogP contribution in [0.5, 0.6) is 5.75 Å². The van der Waals surface area contributed by atoms with Gasteiger partial charge in [0.25, 0.3) is 5.91 Å². The fourth-order valence-corrected chi connectivity index (χ4v) is 3.19. The number of rotatable bonds is 4. The number of fused-ring (bicyclic) bond motifs is 1. The van der Waals surface area contributed by atoms with Crippen molar-refractivity contribution in [1.29, 1.82) is 0 Å². The summed E-state index contributed by atoms with van der Waals surface area (Å²) in [7, 11) is 0. The molecule has 1 unspecified atom stereocenters. The summed E-state index contributed by atoms with van der Waals surface area (Å²) >= 11 is 0. The summed E-state index contributed by atoms with van der Waals surface area (Å²) in [6.07, 6.45) is 1.02. The zero-order valence-corrected chi connectivity index (χ0v) is 15.6. The van der Waals surface area contributed by atoms with Crippen molar-refractivity contribution in [3.63, 3.8) is 0 Å². The molecule has 1 aliphatic heterocycles. The van der Waals surface area contributed by atoms with Crippen LogP contribution in [0.2, 0.25) is 0 Å². The number of alkyl halides is 3. The molecule has 12 heteroatoms. The van der Waals surface area contributed by atoms with Crippen molar-refractivity contribution in [2.24, 2.45) is 0 Å². The molecular weight excluding hydrogens is 403 g/mol. The van der Waals surface area contributed by atoms with Crippen molar-refractivity contribution in [3.05, 3.63) is 42.0 Å². The molecule has 1 amide bonds. The zero-order valence-electron chi connectivity index (χ0n) is 15.6. The number of aromatic nitrogens is 4. The van der Waals surface area contributed by atoms with Crippen molar-refractivity contribution < 1.29 is 22.7 Å². The Morgan fingerprint density at radius 2 is 2.20 bits per heavy atom. The molecule has 1 saturated heterocycles. The van der Waals surface area contributed by atoms with Crippen LogP contribution in [0.25, 0.3) is 5.65 Å². The lowest BCUT2D eigenvalue weighted by molar-refractivity contribution is -0.141. The van der Waals surface area contributed by atoms with Gasteiger partial charge in [0.2, 0.25) is 0 Å². The van der Waals surface area contributed by atoms with Crippen molar-refractivity contribution in [3.8, 4) is 5.75 Å². The Hall–Kier alpha value is -3.41. The van der Waals surface area contributed by atoms with E-state index in [4.69, 9.17) is 10.5 Å². The van der Waals surface area contributed by atoms with E-state index < -0.39 is 17.8 Å². The molecule has 9 nitrogen and oxygen atoms in total. The average Bonchev–Trinajstić information content (AvgIpc) is 3.04. The van der Waals surface area contributed by atoms with Gasteiger partial charge in [-0.05, 0) is 25.5 Å². The first-order chi connectivity index (χ1) is 14.3. The summed E-state index contributed by atoms with van der Waals surface area (Å²) in [5, 5.41) is 9.68. The normalized spacial score (nSPS) is 17.1. The monoisotopic (exact) mass is 421 g/mol. The second-order valence-corrected chi connectivity index (χ2v) is 6.75. The summed E-state index contributed by atoms with van der Waals surface area (Å²) in [5.41, 5.74) is 4.32. The highest BCUT2D eigenvalue weighted by molar-refractivity contribution is 6.12. The third-order valence-corrected chi connectivity index (χ3v) is 4.60. The number of anilines is 2. The number of nitrogen functional groups attached to an aromatic ring is 1. The molecule has 30 heavy (non-hydrogen) atoms. The van der Waals surface area contributed by atoms with E-state index in [1.165, 1.54) is 12.4 Å². The highest BCUT2D eigenvalue weighted by Gasteiger charge is 2.34. The maximum Gasteiger partial charge on any atom is 0.433 e. The number of ether oxygens (including phenoxy) is 1. The molecule has 1 aliphatic rings. The van der Waals surface area contributed by atoms with Gasteiger partial charge in [-0.15, -0.1) is 5.10 Å². The highest BCUT2D eigenvalue weighted by atomic mass is 19.4. The molecule has 4 N–H and O–H groups in total. The molecule has 158 valence electrons. The Morgan fingerprint density at radius 3 is 2.93 bits per heavy atom. The second-order valence-electron chi connectivity index (χ2n) is 6.75. The lowest BCUT2D eigenvalue weighted by Crippen LogP contribution is -2.37. The van der Waals surface area contributed by atoms with Gasteiger partial charge in [-0.2, -0.15) is 13.2 Å². The fraction of sp³-hybridized carbons (Fsp3) is 0.333. The van der Waals surface area contributed by atoms with Gasteiger partial charge in [0.15, 0.2) is 11.5 Å². The van der Waals surface area contributed by atoms with Crippen molar-refractivity contribution >= 4 is 23.1 Å². The number of nitrogens with zero attached hydrogens (tertiary/aromatic N) is 4. The van der Waals surface area contributed by atoms with Gasteiger partial charge < -0.3 is 21.1 Å². The van der Waals surface area contributed by atoms with Crippen LogP contribution in [0.4, 0.5) is 24.7 Å². The minimum Gasteiger partial charge on any atom is -0.487 e. The molecule has 3 aromatic rings. The smallest absolute Gasteiger partial charge is 0.433 e. The SMILES string of the molecule is Nc1nn2ccc(C(F)(F)F)nc2c1C(=O)Nc1cnccc1OC1CCCNC1. The standard InChI is InChI=1S/C18H18F3N7O2/c19-18(20,21)13-4-7-28-16(26-13)14(15(22)27-28)17(29)25-11-9-24-6-3-12(11)30-10-2-1-5-23-8-10/h3-4,6-7,9-10,23H,1-2,5,8H2,(H2,22,27)(H,25,29). The molecule has 0 aliphatic carbocycles. The Balaban J connectivity index is 1.63. The van der Waals surface area contributed by atoms with Crippen LogP contribution in [-0.2, 0) is 6.18 Å². The predicted octanol–water partition coefficient (Wildman–Crippen LogP) is 2.11. The summed E-state index contributed by atoms with van der Waals surface area (Å²) in [5.74, 6) is -0.623. The molecule has 3 aromatic heterocycles. The van der Waals surface area contributed by atoms with Gasteiger partial charge in [-0.1, -0.05) is 0 Å². The maximum absolute atomic E-state index is 13.0. The first-order valence-corrected chi connectivity index (χ1v) is 9.17. The van der Waals surface area contributed by atoms with Gasteiger partial charge in [0, 0.05) is 25.0 Å². The van der Waals surface area contributed by atoms with Crippen LogP contribution < -0.4 is 21.1 Å². The number of nitrogens with two attached hydrogens (primary N) is 1. The van der Waals surface area contributed by atoms with Gasteiger partial charge >= 0.3 is 6.18 Å². The van der Waals surface area contributed by atoms with Crippen LogP contribution in [0, 0.1) is 0 Å². The van der Waals surface area contributed by atoms with E-state index in [1.54, 1.807) is 6.07 Å². The molecule has 0 aromatic carbocycles. The number of pyridine rings is 1. The van der Waals surface area contributed by atoms with Crippen LogP contribution in [-0.4, -0.2) is 44.7 Å². The van der Waals surface area contributed by atoms with Gasteiger partial charge in [-0.3, -0.25) is 9.78 Å². The van der Waals surface area contributed by atoms with Gasteiger partial charge in [0.1, 0.15) is 28.8 Å². The first kappa shape index (κ1) is 19.9. The van der Waals surface area contributed by atoms with Crippen LogP contribution in [0.1, 0.15) is 28.9 Å². The van der Waals surface area contributed by atoms with Crippen LogP contribution in [0.15, 0.2) is 30.7 Å². The summed E-state index contributed by atoms with van der Waals surface area (Å²) in [4.78, 5) is 20.4. The van der Waals surface area contributed by atoms with Crippen molar-refractivity contribution in [2.75, 3.05) is 24.1 Å². The average molecular weight is 421 g/mol. The van der Waals surface area contributed by atoms with E-state index in [0.717, 1.165) is 36.2 Å². The Morgan fingerprint density at radius 1 is 1.37 bits per heavy atom. The lowest BCUT2D eigenvalue weighted by Gasteiger charge is -2.24. The molecule has 1 fully saturated rings. The third kappa shape index (κ3) is 3.99. The number of carbonyl (C=O) groups is 1. The van der Waals surface area contributed by atoms with Crippen LogP contribution >= 0.6 is 0 Å². The summed E-state index contributed by atoms with van der Waals surface area (Å²) in [6, 6.07) is 2.36. The van der Waals surface area contributed by atoms with E-state index in [1.807, 2.05) is 0 Å². The molecule has 0 radical (unpaired) electrons. The molecule has 4 rings (SSSR count). The van der Waals surface area contributed by atoms with E-state index >= 15 is 0 Å². The fourth-order valence-electron chi connectivity index (χ4n) is 3.19. The number of hydrogen-bond acceptors (Lipinski definition) is 7. The maximum atomic E-state index is 13.0. The summed E-state index contributed by atoms with van der Waals surface area (Å²) < 4.78 is 46.0. The molecule has 4 heterocycles. The van der Waals surface area contributed by atoms with Crippen molar-refractivity contribution in [1.82, 2.24) is 24.9 Å². The second kappa shape index (κ2) is 7.78. The Bertz CT molecular complexity index is 1080. The minimum absolute atomic E-state index is 0.0742. The molecule has 0 saturated carbocycles. The van der Waals surface area contributed by atoms with Gasteiger partial charge in [0.05, 0.1) is 6.20 Å². The topological polar surface area (TPSA) is 119 Å². The van der Waals surface area contributed by atoms with E-state index in [2.05, 4.69) is 25.7 Å². The Kier molecular flexibility index (Phi) is 5.16. The van der Waals surface area contributed by atoms with Crippen LogP contribution in [0.3, 0.4) is 0 Å². The molecule has 0 spiro atoms. The number of halogens is 3. The third-order valence-electron chi connectivity index (χ3n) is 4.60. The Labute approximate surface area is 168 Å². The first-order valence-electron chi connectivity index (χ1n) is 9.17. The molecular formula is C18H18F3N7O2. The highest BCUT2D eigenvalue weighted by Crippen LogP contribution is 2.30. The van der Waals surface area contributed by atoms with E-state index in [9.17, 15) is 18.0 Å². The number of carbonyl (C=O) groups excluding carboxylic acids is 1. The minimum atomic E-state index is -4.67.